The van der Waals surface area contributed by atoms with Crippen molar-refractivity contribution in [2.75, 3.05) is 19.6 Å². The van der Waals surface area contributed by atoms with Crippen LogP contribution in [0, 0.1) is 19.8 Å². The first kappa shape index (κ1) is 17.3. The molecule has 0 bridgehead atoms. The number of hydrogen-bond acceptors (Lipinski definition) is 3. The molecule has 2 aliphatic rings. The molecule has 1 saturated carbocycles. The fourth-order valence-electron chi connectivity index (χ4n) is 3.55. The van der Waals surface area contributed by atoms with Gasteiger partial charge in [0.15, 0.2) is 0 Å². The molecule has 4 heteroatoms. The predicted molar refractivity (Wildman–Crippen MR) is 96.3 cm³/mol. The fourth-order valence-corrected chi connectivity index (χ4v) is 3.55. The summed E-state index contributed by atoms with van der Waals surface area (Å²) in [5, 5.41) is 3.14. The standard InChI is InChI=1S/C20H30N2O2/c1-14-5-4-6-15(2)20(14)24-18-9-11-22(12-10-18)13-19(23)21-16(3)17-7-8-17/h4-6,16-18H,7-13H2,1-3H3,(H,21,23). The van der Waals surface area contributed by atoms with Crippen molar-refractivity contribution in [2.45, 2.75) is 58.6 Å². The molecule has 1 heterocycles. The van der Waals surface area contributed by atoms with Crippen molar-refractivity contribution < 1.29 is 9.53 Å². The number of hydrogen-bond donors (Lipinski definition) is 1. The zero-order valence-electron chi connectivity index (χ0n) is 15.2. The Labute approximate surface area is 145 Å². The number of para-hydroxylation sites is 1. The predicted octanol–water partition coefficient (Wildman–Crippen LogP) is 3.06. The number of aryl methyl sites for hydroxylation is 2. The Morgan fingerprint density at radius 2 is 1.83 bits per heavy atom. The molecule has 4 nitrogen and oxygen atoms in total. The summed E-state index contributed by atoms with van der Waals surface area (Å²) in [6.45, 7) is 8.71. The van der Waals surface area contributed by atoms with Crippen molar-refractivity contribution in [1.82, 2.24) is 10.2 Å². The molecular weight excluding hydrogens is 300 g/mol. The van der Waals surface area contributed by atoms with Crippen LogP contribution in [-0.4, -0.2) is 42.6 Å². The lowest BCUT2D eigenvalue weighted by atomic mass is 10.1. The van der Waals surface area contributed by atoms with E-state index in [0.29, 0.717) is 18.5 Å². The van der Waals surface area contributed by atoms with Crippen LogP contribution in [0.5, 0.6) is 5.75 Å². The third-order valence-electron chi connectivity index (χ3n) is 5.31. The van der Waals surface area contributed by atoms with Crippen molar-refractivity contribution >= 4 is 5.91 Å². The van der Waals surface area contributed by atoms with Crippen LogP contribution < -0.4 is 10.1 Å². The highest BCUT2D eigenvalue weighted by molar-refractivity contribution is 5.78. The van der Waals surface area contributed by atoms with Gasteiger partial charge in [-0.15, -0.1) is 0 Å². The minimum Gasteiger partial charge on any atom is -0.490 e. The first-order chi connectivity index (χ1) is 11.5. The second-order valence-corrected chi connectivity index (χ2v) is 7.51. The normalized spacial score (nSPS) is 20.6. The van der Waals surface area contributed by atoms with Crippen LogP contribution in [0.1, 0.15) is 43.7 Å². The zero-order valence-corrected chi connectivity index (χ0v) is 15.2. The van der Waals surface area contributed by atoms with Gasteiger partial charge < -0.3 is 10.1 Å². The van der Waals surface area contributed by atoms with Crippen molar-refractivity contribution in [3.63, 3.8) is 0 Å². The van der Waals surface area contributed by atoms with E-state index >= 15 is 0 Å². The van der Waals surface area contributed by atoms with Gasteiger partial charge in [-0.2, -0.15) is 0 Å². The Bertz CT molecular complexity index is 555. The molecule has 0 aromatic heterocycles. The Morgan fingerprint density at radius 3 is 2.42 bits per heavy atom. The lowest BCUT2D eigenvalue weighted by molar-refractivity contribution is -0.123. The molecule has 132 valence electrons. The summed E-state index contributed by atoms with van der Waals surface area (Å²) < 4.78 is 6.25. The minimum atomic E-state index is 0.170. The van der Waals surface area contributed by atoms with Gasteiger partial charge in [-0.05, 0) is 63.5 Å². The molecule has 0 radical (unpaired) electrons. The summed E-state index contributed by atoms with van der Waals surface area (Å²) in [6, 6.07) is 6.61. The number of nitrogens with zero attached hydrogens (tertiary/aromatic N) is 1. The molecule has 1 aromatic rings. The highest BCUT2D eigenvalue weighted by Crippen LogP contribution is 2.32. The van der Waals surface area contributed by atoms with Crippen LogP contribution in [0.2, 0.25) is 0 Å². The van der Waals surface area contributed by atoms with E-state index in [1.54, 1.807) is 0 Å². The smallest absolute Gasteiger partial charge is 0.234 e. The van der Waals surface area contributed by atoms with E-state index in [2.05, 4.69) is 49.2 Å². The zero-order chi connectivity index (χ0) is 17.1. The van der Waals surface area contributed by atoms with E-state index in [4.69, 9.17) is 4.74 Å². The van der Waals surface area contributed by atoms with Crippen molar-refractivity contribution in [3.8, 4) is 5.75 Å². The van der Waals surface area contributed by atoms with Gasteiger partial charge in [0.25, 0.3) is 0 Å². The molecule has 1 aliphatic carbocycles. The van der Waals surface area contributed by atoms with Crippen LogP contribution in [0.15, 0.2) is 18.2 Å². The lowest BCUT2D eigenvalue weighted by Gasteiger charge is -2.32. The maximum atomic E-state index is 12.1. The molecule has 1 aliphatic heterocycles. The summed E-state index contributed by atoms with van der Waals surface area (Å²) in [7, 11) is 0. The van der Waals surface area contributed by atoms with Gasteiger partial charge in [-0.3, -0.25) is 9.69 Å². The number of ether oxygens (including phenoxy) is 1. The quantitative estimate of drug-likeness (QED) is 0.871. The van der Waals surface area contributed by atoms with Crippen LogP contribution in [0.4, 0.5) is 0 Å². The largest absolute Gasteiger partial charge is 0.490 e. The van der Waals surface area contributed by atoms with Crippen molar-refractivity contribution in [3.05, 3.63) is 29.3 Å². The monoisotopic (exact) mass is 330 g/mol. The van der Waals surface area contributed by atoms with Crippen molar-refractivity contribution in [2.24, 2.45) is 5.92 Å². The third-order valence-corrected chi connectivity index (χ3v) is 5.31. The number of nitrogens with one attached hydrogen (secondary N) is 1. The van der Waals surface area contributed by atoms with Crippen molar-refractivity contribution in [1.29, 1.82) is 0 Å². The summed E-state index contributed by atoms with van der Waals surface area (Å²) >= 11 is 0. The lowest BCUT2D eigenvalue weighted by Crippen LogP contribution is -2.46. The van der Waals surface area contributed by atoms with E-state index in [-0.39, 0.29) is 12.0 Å². The fraction of sp³-hybridized carbons (Fsp3) is 0.650. The van der Waals surface area contributed by atoms with Gasteiger partial charge in [0.1, 0.15) is 11.9 Å². The number of rotatable bonds is 6. The molecule has 3 rings (SSSR count). The van der Waals surface area contributed by atoms with Gasteiger partial charge in [-0.1, -0.05) is 18.2 Å². The van der Waals surface area contributed by atoms with E-state index in [1.165, 1.54) is 24.0 Å². The van der Waals surface area contributed by atoms with Crippen LogP contribution in [0.25, 0.3) is 0 Å². The van der Waals surface area contributed by atoms with Crippen LogP contribution in [-0.2, 0) is 4.79 Å². The topological polar surface area (TPSA) is 41.6 Å². The Balaban J connectivity index is 1.43. The molecule has 24 heavy (non-hydrogen) atoms. The Hall–Kier alpha value is -1.55. The van der Waals surface area contributed by atoms with Gasteiger partial charge in [0.05, 0.1) is 6.54 Å². The van der Waals surface area contributed by atoms with E-state index in [1.807, 2.05) is 0 Å². The minimum absolute atomic E-state index is 0.170. The van der Waals surface area contributed by atoms with Gasteiger partial charge in [0.2, 0.25) is 5.91 Å². The van der Waals surface area contributed by atoms with Crippen LogP contribution in [0.3, 0.4) is 0 Å². The van der Waals surface area contributed by atoms with E-state index in [9.17, 15) is 4.79 Å². The molecule has 1 amide bonds. The maximum absolute atomic E-state index is 12.1. The highest BCUT2D eigenvalue weighted by Gasteiger charge is 2.29. The summed E-state index contributed by atoms with van der Waals surface area (Å²) in [5.41, 5.74) is 2.40. The summed E-state index contributed by atoms with van der Waals surface area (Å²) in [4.78, 5) is 14.4. The summed E-state index contributed by atoms with van der Waals surface area (Å²) in [6.07, 6.45) is 4.76. The molecule has 1 atom stereocenters. The number of piperidine rings is 1. The van der Waals surface area contributed by atoms with E-state index in [0.717, 1.165) is 31.7 Å². The number of carbonyl (C=O) groups excluding carboxylic acids is 1. The number of benzene rings is 1. The molecule has 1 aromatic carbocycles. The second-order valence-electron chi connectivity index (χ2n) is 7.51. The first-order valence-corrected chi connectivity index (χ1v) is 9.27. The number of amides is 1. The maximum Gasteiger partial charge on any atom is 0.234 e. The Kier molecular flexibility index (Phi) is 5.44. The Morgan fingerprint density at radius 1 is 1.21 bits per heavy atom. The van der Waals surface area contributed by atoms with E-state index < -0.39 is 0 Å². The number of likely N-dealkylation sites (tertiary alicyclic amines) is 1. The SMILES string of the molecule is Cc1cccc(C)c1OC1CCN(CC(=O)NC(C)C2CC2)CC1. The van der Waals surface area contributed by atoms with Gasteiger partial charge in [0, 0.05) is 19.1 Å². The second kappa shape index (κ2) is 7.56. The molecule has 1 saturated heterocycles. The molecule has 1 N–H and O–H groups in total. The van der Waals surface area contributed by atoms with Gasteiger partial charge in [-0.25, -0.2) is 0 Å². The average Bonchev–Trinajstić information content (AvgIpc) is 3.37. The van der Waals surface area contributed by atoms with Crippen LogP contribution >= 0.6 is 0 Å². The third kappa shape index (κ3) is 4.50. The molecule has 0 spiro atoms. The van der Waals surface area contributed by atoms with Gasteiger partial charge >= 0.3 is 0 Å². The molecule has 1 unspecified atom stereocenters. The molecular formula is C20H30N2O2. The number of carbonyl (C=O) groups is 1. The highest BCUT2D eigenvalue weighted by atomic mass is 16.5. The average molecular weight is 330 g/mol. The summed E-state index contributed by atoms with van der Waals surface area (Å²) in [5.74, 6) is 1.92. The first-order valence-electron chi connectivity index (χ1n) is 9.27. The molecule has 2 fully saturated rings.